The van der Waals surface area contributed by atoms with E-state index in [9.17, 15) is 0 Å². The number of nitrogens with zero attached hydrogens (tertiary/aromatic N) is 3. The van der Waals surface area contributed by atoms with Gasteiger partial charge < -0.3 is 0 Å². The van der Waals surface area contributed by atoms with Crippen LogP contribution in [0, 0.1) is 19.8 Å². The molecule has 24 heavy (non-hydrogen) atoms. The van der Waals surface area contributed by atoms with Crippen LogP contribution in [0.4, 0.5) is 0 Å². The van der Waals surface area contributed by atoms with Crippen LogP contribution >= 0.6 is 11.3 Å². The van der Waals surface area contributed by atoms with Crippen molar-refractivity contribution in [1.82, 2.24) is 14.9 Å². The van der Waals surface area contributed by atoms with E-state index in [1.807, 2.05) is 5.51 Å². The molecule has 1 fully saturated rings. The molecule has 0 aliphatic carbocycles. The van der Waals surface area contributed by atoms with Gasteiger partial charge in [-0.15, -0.1) is 11.3 Å². The van der Waals surface area contributed by atoms with Gasteiger partial charge in [-0.3, -0.25) is 9.88 Å². The minimum absolute atomic E-state index is 0.759. The molecule has 1 saturated heterocycles. The van der Waals surface area contributed by atoms with Gasteiger partial charge in [0.05, 0.1) is 15.7 Å². The van der Waals surface area contributed by atoms with Gasteiger partial charge in [-0.05, 0) is 74.5 Å². The molecule has 0 saturated carbocycles. The van der Waals surface area contributed by atoms with Crippen LogP contribution in [0.1, 0.15) is 28.9 Å². The van der Waals surface area contributed by atoms with E-state index in [1.54, 1.807) is 11.3 Å². The lowest BCUT2D eigenvalue weighted by Gasteiger charge is -2.16. The second kappa shape index (κ2) is 6.61. The third kappa shape index (κ3) is 3.50. The number of pyridine rings is 1. The number of rotatable bonds is 4. The number of thiazole rings is 1. The van der Waals surface area contributed by atoms with E-state index in [0.29, 0.717) is 0 Å². The fourth-order valence-electron chi connectivity index (χ4n) is 3.86. The molecule has 0 radical (unpaired) electrons. The lowest BCUT2D eigenvalue weighted by Crippen LogP contribution is -2.20. The van der Waals surface area contributed by atoms with E-state index < -0.39 is 0 Å². The summed E-state index contributed by atoms with van der Waals surface area (Å²) in [6.45, 7) is 7.61. The zero-order chi connectivity index (χ0) is 16.5. The molecule has 2 aromatic heterocycles. The van der Waals surface area contributed by atoms with Gasteiger partial charge in [0, 0.05) is 24.5 Å². The molecule has 4 heteroatoms. The fraction of sp³-hybridized carbons (Fsp3) is 0.400. The summed E-state index contributed by atoms with van der Waals surface area (Å²) < 4.78 is 1.28. The SMILES string of the molecule is Cc1cc(CC2CCN(Cc3ccc4scnc4c3)C2)cc(C)n1. The Balaban J connectivity index is 1.39. The summed E-state index contributed by atoms with van der Waals surface area (Å²) in [5.41, 5.74) is 8.16. The predicted molar refractivity (Wildman–Crippen MR) is 100 cm³/mol. The number of likely N-dealkylation sites (tertiary alicyclic amines) is 1. The van der Waals surface area contributed by atoms with Gasteiger partial charge in [-0.1, -0.05) is 6.07 Å². The molecule has 0 N–H and O–H groups in total. The maximum atomic E-state index is 4.48. The van der Waals surface area contributed by atoms with Crippen LogP contribution in [0.5, 0.6) is 0 Å². The Morgan fingerprint density at radius 1 is 1.12 bits per heavy atom. The van der Waals surface area contributed by atoms with Crippen molar-refractivity contribution < 1.29 is 0 Å². The smallest absolute Gasteiger partial charge is 0.0815 e. The second-order valence-corrected chi connectivity index (χ2v) is 7.89. The van der Waals surface area contributed by atoms with Crippen molar-refractivity contribution in [2.24, 2.45) is 5.92 Å². The van der Waals surface area contributed by atoms with Crippen LogP contribution in [0.15, 0.2) is 35.8 Å². The molecule has 0 spiro atoms. The molecule has 1 aromatic carbocycles. The summed E-state index contributed by atoms with van der Waals surface area (Å²) in [7, 11) is 0. The van der Waals surface area contributed by atoms with Crippen LogP contribution < -0.4 is 0 Å². The fourth-order valence-corrected chi connectivity index (χ4v) is 4.51. The highest BCUT2D eigenvalue weighted by molar-refractivity contribution is 7.16. The third-order valence-electron chi connectivity index (χ3n) is 4.84. The van der Waals surface area contributed by atoms with Crippen molar-refractivity contribution in [2.45, 2.75) is 33.2 Å². The van der Waals surface area contributed by atoms with E-state index in [4.69, 9.17) is 0 Å². The van der Waals surface area contributed by atoms with Crippen molar-refractivity contribution in [1.29, 1.82) is 0 Å². The summed E-state index contributed by atoms with van der Waals surface area (Å²) in [5.74, 6) is 0.759. The lowest BCUT2D eigenvalue weighted by atomic mass is 9.98. The van der Waals surface area contributed by atoms with Crippen LogP contribution in [-0.4, -0.2) is 28.0 Å². The summed E-state index contributed by atoms with van der Waals surface area (Å²) in [4.78, 5) is 11.5. The topological polar surface area (TPSA) is 29.0 Å². The first kappa shape index (κ1) is 15.7. The molecule has 124 valence electrons. The quantitative estimate of drug-likeness (QED) is 0.708. The number of hydrogen-bond acceptors (Lipinski definition) is 4. The number of aromatic nitrogens is 2. The minimum Gasteiger partial charge on any atom is -0.299 e. The Labute approximate surface area is 147 Å². The summed E-state index contributed by atoms with van der Waals surface area (Å²) in [5, 5.41) is 0. The Morgan fingerprint density at radius 3 is 2.79 bits per heavy atom. The van der Waals surface area contributed by atoms with E-state index in [1.165, 1.54) is 41.8 Å². The van der Waals surface area contributed by atoms with Gasteiger partial charge in [0.25, 0.3) is 0 Å². The van der Waals surface area contributed by atoms with Crippen molar-refractivity contribution in [3.05, 3.63) is 58.4 Å². The zero-order valence-corrected chi connectivity index (χ0v) is 15.1. The molecule has 0 bridgehead atoms. The Hall–Kier alpha value is -1.78. The monoisotopic (exact) mass is 337 g/mol. The largest absolute Gasteiger partial charge is 0.299 e. The molecule has 1 unspecified atom stereocenters. The van der Waals surface area contributed by atoms with Gasteiger partial charge in [-0.2, -0.15) is 0 Å². The molecule has 1 aliphatic heterocycles. The van der Waals surface area contributed by atoms with Crippen LogP contribution in [0.25, 0.3) is 10.2 Å². The summed E-state index contributed by atoms with van der Waals surface area (Å²) in [6, 6.07) is 11.2. The maximum Gasteiger partial charge on any atom is 0.0815 e. The molecule has 1 aliphatic rings. The standard InChI is InChI=1S/C20H23N3S/c1-14-7-18(8-15(2)22-14)9-17-5-6-23(12-17)11-16-3-4-20-19(10-16)21-13-24-20/h3-4,7-8,10,13,17H,5-6,9,11-12H2,1-2H3. The maximum absolute atomic E-state index is 4.48. The number of benzene rings is 1. The van der Waals surface area contributed by atoms with Crippen LogP contribution in [0.2, 0.25) is 0 Å². The Bertz CT molecular complexity index is 835. The van der Waals surface area contributed by atoms with Gasteiger partial charge in [-0.25, -0.2) is 4.98 Å². The lowest BCUT2D eigenvalue weighted by molar-refractivity contribution is 0.316. The highest BCUT2D eigenvalue weighted by atomic mass is 32.1. The van der Waals surface area contributed by atoms with Gasteiger partial charge >= 0.3 is 0 Å². The van der Waals surface area contributed by atoms with E-state index >= 15 is 0 Å². The molecular formula is C20H23N3S. The molecule has 3 nitrogen and oxygen atoms in total. The molecule has 0 amide bonds. The predicted octanol–water partition coefficient (Wildman–Crippen LogP) is 4.37. The normalized spacial score (nSPS) is 18.5. The molecule has 4 rings (SSSR count). The molecule has 1 atom stereocenters. The van der Waals surface area contributed by atoms with E-state index in [0.717, 1.165) is 29.4 Å². The Morgan fingerprint density at radius 2 is 1.96 bits per heavy atom. The number of hydrogen-bond donors (Lipinski definition) is 0. The third-order valence-corrected chi connectivity index (χ3v) is 5.65. The molecule has 3 aromatic rings. The van der Waals surface area contributed by atoms with Crippen LogP contribution in [-0.2, 0) is 13.0 Å². The zero-order valence-electron chi connectivity index (χ0n) is 14.3. The number of fused-ring (bicyclic) bond motifs is 1. The minimum atomic E-state index is 0.759. The van der Waals surface area contributed by atoms with E-state index in [-0.39, 0.29) is 0 Å². The highest BCUT2D eigenvalue weighted by Gasteiger charge is 2.23. The summed E-state index contributed by atoms with van der Waals surface area (Å²) >= 11 is 1.71. The highest BCUT2D eigenvalue weighted by Crippen LogP contribution is 2.25. The van der Waals surface area contributed by atoms with Crippen molar-refractivity contribution in [3.63, 3.8) is 0 Å². The van der Waals surface area contributed by atoms with Crippen molar-refractivity contribution >= 4 is 21.6 Å². The number of aryl methyl sites for hydroxylation is 2. The van der Waals surface area contributed by atoms with Crippen molar-refractivity contribution in [2.75, 3.05) is 13.1 Å². The molecule has 3 heterocycles. The first-order chi connectivity index (χ1) is 11.7. The molecular weight excluding hydrogens is 314 g/mol. The first-order valence-corrected chi connectivity index (χ1v) is 9.52. The average Bonchev–Trinajstić information content (AvgIpc) is 3.15. The Kier molecular flexibility index (Phi) is 4.33. The average molecular weight is 337 g/mol. The van der Waals surface area contributed by atoms with Crippen LogP contribution in [0.3, 0.4) is 0 Å². The first-order valence-electron chi connectivity index (χ1n) is 8.64. The van der Waals surface area contributed by atoms with Gasteiger partial charge in [0.15, 0.2) is 0 Å². The van der Waals surface area contributed by atoms with Crippen molar-refractivity contribution in [3.8, 4) is 0 Å². The van der Waals surface area contributed by atoms with Gasteiger partial charge in [0.1, 0.15) is 0 Å². The second-order valence-electron chi connectivity index (χ2n) is 7.01. The van der Waals surface area contributed by atoms with E-state index in [2.05, 4.69) is 59.0 Å². The van der Waals surface area contributed by atoms with Gasteiger partial charge in [0.2, 0.25) is 0 Å². The summed E-state index contributed by atoms with van der Waals surface area (Å²) in [6.07, 6.45) is 2.46.